The fraction of sp³-hybridized carbons (Fsp3) is 0.750. The SMILES string of the molecule is CC(C)N1CC(C#N)OCC1=O. The normalized spacial score (nSPS) is 24.3. The van der Waals surface area contributed by atoms with E-state index in [9.17, 15) is 4.79 Å². The first-order valence-corrected chi connectivity index (χ1v) is 3.96. The number of hydrogen-bond donors (Lipinski definition) is 0. The first-order valence-electron chi connectivity index (χ1n) is 3.96. The number of nitrogens with zero attached hydrogens (tertiary/aromatic N) is 2. The minimum Gasteiger partial charge on any atom is -0.352 e. The fourth-order valence-corrected chi connectivity index (χ4v) is 1.16. The summed E-state index contributed by atoms with van der Waals surface area (Å²) in [4.78, 5) is 12.9. The van der Waals surface area contributed by atoms with Crippen LogP contribution in [0.5, 0.6) is 0 Å². The highest BCUT2D eigenvalue weighted by Gasteiger charge is 2.27. The highest BCUT2D eigenvalue weighted by Crippen LogP contribution is 2.08. The van der Waals surface area contributed by atoms with E-state index in [4.69, 9.17) is 10.00 Å². The molecule has 1 saturated heterocycles. The van der Waals surface area contributed by atoms with Crippen LogP contribution < -0.4 is 0 Å². The minimum absolute atomic E-state index is 0.0310. The average molecular weight is 168 g/mol. The molecule has 4 nitrogen and oxygen atoms in total. The van der Waals surface area contributed by atoms with Crippen LogP contribution in [0.25, 0.3) is 0 Å². The fourth-order valence-electron chi connectivity index (χ4n) is 1.16. The second-order valence-corrected chi connectivity index (χ2v) is 3.07. The van der Waals surface area contributed by atoms with Gasteiger partial charge in [0.15, 0.2) is 6.10 Å². The molecule has 4 heteroatoms. The molecule has 0 bridgehead atoms. The summed E-state index contributed by atoms with van der Waals surface area (Å²) < 4.78 is 4.97. The Bertz CT molecular complexity index is 220. The van der Waals surface area contributed by atoms with Crippen LogP contribution in [0.4, 0.5) is 0 Å². The molecule has 1 aliphatic heterocycles. The maximum atomic E-state index is 11.2. The van der Waals surface area contributed by atoms with Crippen LogP contribution in [-0.2, 0) is 9.53 Å². The molecular formula is C8H12N2O2. The van der Waals surface area contributed by atoms with Gasteiger partial charge in [0.1, 0.15) is 6.61 Å². The van der Waals surface area contributed by atoms with Crippen molar-refractivity contribution in [2.24, 2.45) is 0 Å². The zero-order valence-electron chi connectivity index (χ0n) is 7.28. The van der Waals surface area contributed by atoms with Crippen molar-refractivity contribution in [2.45, 2.75) is 26.0 Å². The molecule has 1 unspecified atom stereocenters. The Morgan fingerprint density at radius 2 is 2.42 bits per heavy atom. The molecule has 1 atom stereocenters. The number of ether oxygens (including phenoxy) is 1. The van der Waals surface area contributed by atoms with Gasteiger partial charge >= 0.3 is 0 Å². The summed E-state index contributed by atoms with van der Waals surface area (Å²) in [5.41, 5.74) is 0. The largest absolute Gasteiger partial charge is 0.352 e. The Balaban J connectivity index is 2.60. The van der Waals surface area contributed by atoms with Gasteiger partial charge in [-0.15, -0.1) is 0 Å². The molecule has 1 rings (SSSR count). The Morgan fingerprint density at radius 3 is 2.92 bits per heavy atom. The van der Waals surface area contributed by atoms with Crippen molar-refractivity contribution in [1.82, 2.24) is 4.90 Å². The van der Waals surface area contributed by atoms with Gasteiger partial charge in [-0.25, -0.2) is 0 Å². The zero-order chi connectivity index (χ0) is 9.14. The van der Waals surface area contributed by atoms with Crippen LogP contribution >= 0.6 is 0 Å². The first kappa shape index (κ1) is 9.01. The molecule has 0 aromatic heterocycles. The summed E-state index contributed by atoms with van der Waals surface area (Å²) in [6, 6.07) is 2.14. The Hall–Kier alpha value is -1.08. The molecule has 1 amide bonds. The Kier molecular flexibility index (Phi) is 2.66. The van der Waals surface area contributed by atoms with E-state index in [-0.39, 0.29) is 18.6 Å². The van der Waals surface area contributed by atoms with Crippen molar-refractivity contribution in [3.63, 3.8) is 0 Å². The van der Waals surface area contributed by atoms with Gasteiger partial charge in [-0.1, -0.05) is 0 Å². The topological polar surface area (TPSA) is 53.3 Å². The molecule has 0 N–H and O–H groups in total. The highest BCUT2D eigenvalue weighted by molar-refractivity contribution is 5.78. The van der Waals surface area contributed by atoms with E-state index in [1.165, 1.54) is 0 Å². The van der Waals surface area contributed by atoms with Crippen LogP contribution in [0.2, 0.25) is 0 Å². The third-order valence-electron chi connectivity index (χ3n) is 1.86. The van der Waals surface area contributed by atoms with Gasteiger partial charge in [-0.3, -0.25) is 4.79 Å². The number of nitriles is 1. The van der Waals surface area contributed by atoms with E-state index in [0.29, 0.717) is 6.54 Å². The summed E-state index contributed by atoms with van der Waals surface area (Å²) in [6.45, 7) is 4.29. The summed E-state index contributed by atoms with van der Waals surface area (Å²) in [5, 5.41) is 8.56. The number of morpholine rings is 1. The maximum Gasteiger partial charge on any atom is 0.248 e. The van der Waals surface area contributed by atoms with Crippen LogP contribution in [0.1, 0.15) is 13.8 Å². The van der Waals surface area contributed by atoms with Crippen molar-refractivity contribution in [3.05, 3.63) is 0 Å². The van der Waals surface area contributed by atoms with Crippen LogP contribution in [0, 0.1) is 11.3 Å². The standard InChI is InChI=1S/C8H12N2O2/c1-6(2)10-4-7(3-9)12-5-8(10)11/h6-7H,4-5H2,1-2H3. The number of carbonyl (C=O) groups excluding carboxylic acids is 1. The van der Waals surface area contributed by atoms with E-state index in [0.717, 1.165) is 0 Å². The predicted octanol–water partition coefficient (Wildman–Crippen LogP) is 0.146. The summed E-state index contributed by atoms with van der Waals surface area (Å²) in [7, 11) is 0. The van der Waals surface area contributed by atoms with Gasteiger partial charge in [-0.2, -0.15) is 5.26 Å². The number of hydrogen-bond acceptors (Lipinski definition) is 3. The average Bonchev–Trinajstić information content (AvgIpc) is 2.05. The molecule has 0 aromatic rings. The molecule has 1 aliphatic rings. The van der Waals surface area contributed by atoms with Crippen molar-refractivity contribution in [2.75, 3.05) is 13.2 Å². The lowest BCUT2D eigenvalue weighted by Gasteiger charge is -2.32. The van der Waals surface area contributed by atoms with E-state index < -0.39 is 6.10 Å². The second kappa shape index (κ2) is 3.55. The molecule has 0 saturated carbocycles. The molecule has 0 aromatic carbocycles. The number of amides is 1. The van der Waals surface area contributed by atoms with Crippen molar-refractivity contribution >= 4 is 5.91 Å². The zero-order valence-corrected chi connectivity index (χ0v) is 7.28. The molecule has 1 heterocycles. The lowest BCUT2D eigenvalue weighted by molar-refractivity contribution is -0.148. The molecule has 12 heavy (non-hydrogen) atoms. The minimum atomic E-state index is -0.454. The van der Waals surface area contributed by atoms with Crippen molar-refractivity contribution < 1.29 is 9.53 Å². The number of carbonyl (C=O) groups is 1. The monoisotopic (exact) mass is 168 g/mol. The molecule has 0 spiro atoms. The third kappa shape index (κ3) is 1.74. The second-order valence-electron chi connectivity index (χ2n) is 3.07. The Labute approximate surface area is 71.7 Å². The van der Waals surface area contributed by atoms with Gasteiger partial charge < -0.3 is 9.64 Å². The highest BCUT2D eigenvalue weighted by atomic mass is 16.5. The summed E-state index contributed by atoms with van der Waals surface area (Å²) in [5.74, 6) is -0.0310. The Morgan fingerprint density at radius 1 is 1.75 bits per heavy atom. The first-order chi connectivity index (χ1) is 5.65. The van der Waals surface area contributed by atoms with E-state index >= 15 is 0 Å². The number of rotatable bonds is 1. The molecule has 66 valence electrons. The van der Waals surface area contributed by atoms with E-state index in [1.54, 1.807) is 4.90 Å². The lowest BCUT2D eigenvalue weighted by atomic mass is 10.2. The summed E-state index contributed by atoms with van der Waals surface area (Å²) in [6.07, 6.45) is -0.454. The smallest absolute Gasteiger partial charge is 0.248 e. The van der Waals surface area contributed by atoms with Gasteiger partial charge in [0.05, 0.1) is 12.6 Å². The molecule has 0 radical (unpaired) electrons. The molecule has 1 fully saturated rings. The lowest BCUT2D eigenvalue weighted by Crippen LogP contribution is -2.49. The predicted molar refractivity (Wildman–Crippen MR) is 42.2 cm³/mol. The van der Waals surface area contributed by atoms with Crippen LogP contribution in [0.15, 0.2) is 0 Å². The maximum absolute atomic E-state index is 11.2. The van der Waals surface area contributed by atoms with Gasteiger partial charge in [-0.05, 0) is 13.8 Å². The van der Waals surface area contributed by atoms with Crippen LogP contribution in [0.3, 0.4) is 0 Å². The molecular weight excluding hydrogens is 156 g/mol. The third-order valence-corrected chi connectivity index (χ3v) is 1.86. The van der Waals surface area contributed by atoms with Crippen molar-refractivity contribution in [3.8, 4) is 6.07 Å². The van der Waals surface area contributed by atoms with Gasteiger partial charge in [0, 0.05) is 6.04 Å². The quantitative estimate of drug-likeness (QED) is 0.560. The van der Waals surface area contributed by atoms with E-state index in [2.05, 4.69) is 0 Å². The molecule has 0 aliphatic carbocycles. The summed E-state index contributed by atoms with van der Waals surface area (Å²) >= 11 is 0. The van der Waals surface area contributed by atoms with Crippen molar-refractivity contribution in [1.29, 1.82) is 5.26 Å². The van der Waals surface area contributed by atoms with Gasteiger partial charge in [0.25, 0.3) is 0 Å². The van der Waals surface area contributed by atoms with E-state index in [1.807, 2.05) is 19.9 Å². The van der Waals surface area contributed by atoms with Crippen LogP contribution in [-0.4, -0.2) is 36.1 Å². The van der Waals surface area contributed by atoms with Gasteiger partial charge in [0.2, 0.25) is 5.91 Å².